The number of rotatable bonds is 4. The molecule has 0 amide bonds. The first-order chi connectivity index (χ1) is 8.08. The Morgan fingerprint density at radius 2 is 2.06 bits per heavy atom. The minimum absolute atomic E-state index is 0.380. The van der Waals surface area contributed by atoms with Crippen molar-refractivity contribution in [1.82, 2.24) is 4.90 Å². The summed E-state index contributed by atoms with van der Waals surface area (Å²) in [5.41, 5.74) is 0.927. The summed E-state index contributed by atoms with van der Waals surface area (Å²) in [5.74, 6) is 0.156. The molecule has 0 aliphatic heterocycles. The quantitative estimate of drug-likeness (QED) is 0.453. The number of benzene rings is 1. The minimum Gasteiger partial charge on any atom is -0.497 e. The zero-order chi connectivity index (χ0) is 12.8. The van der Waals surface area contributed by atoms with Crippen molar-refractivity contribution in [2.45, 2.75) is 0 Å². The molecule has 0 atom stereocenters. The molecule has 1 aromatic carbocycles. The summed E-state index contributed by atoms with van der Waals surface area (Å²) < 4.78 is 9.76. The van der Waals surface area contributed by atoms with Gasteiger partial charge in [0.05, 0.1) is 31.8 Å². The Balaban J connectivity index is 3.15. The van der Waals surface area contributed by atoms with Crippen LogP contribution in [0.3, 0.4) is 0 Å². The van der Waals surface area contributed by atoms with Crippen molar-refractivity contribution in [1.29, 1.82) is 0 Å². The Hall–Kier alpha value is -2.04. The maximum Gasteiger partial charge on any atom is 0.340 e. The van der Waals surface area contributed by atoms with Crippen LogP contribution in [-0.2, 0) is 4.74 Å². The van der Waals surface area contributed by atoms with E-state index in [1.54, 1.807) is 36.5 Å². The predicted octanol–water partition coefficient (Wildman–Crippen LogP) is 1.70. The molecule has 0 spiro atoms. The number of esters is 1. The SMILES string of the molecule is COC(=O)c1cc(OC)ccc1/N=C/N(C)C. The topological polar surface area (TPSA) is 51.1 Å². The van der Waals surface area contributed by atoms with Crippen molar-refractivity contribution in [2.75, 3.05) is 28.3 Å². The smallest absolute Gasteiger partial charge is 0.340 e. The molecule has 1 rings (SSSR count). The molecule has 0 saturated carbocycles. The van der Waals surface area contributed by atoms with E-state index in [2.05, 4.69) is 4.99 Å². The van der Waals surface area contributed by atoms with Crippen LogP contribution >= 0.6 is 0 Å². The summed E-state index contributed by atoms with van der Waals surface area (Å²) in [6.45, 7) is 0. The first-order valence-electron chi connectivity index (χ1n) is 5.05. The maximum absolute atomic E-state index is 11.6. The lowest BCUT2D eigenvalue weighted by atomic mass is 10.1. The molecule has 5 heteroatoms. The van der Waals surface area contributed by atoms with E-state index >= 15 is 0 Å². The zero-order valence-corrected chi connectivity index (χ0v) is 10.4. The van der Waals surface area contributed by atoms with Gasteiger partial charge in [-0.25, -0.2) is 9.79 Å². The Morgan fingerprint density at radius 1 is 1.35 bits per heavy atom. The van der Waals surface area contributed by atoms with Gasteiger partial charge in [0.2, 0.25) is 0 Å². The molecule has 0 heterocycles. The normalized spacial score (nSPS) is 10.4. The molecule has 0 fully saturated rings. The van der Waals surface area contributed by atoms with E-state index in [-0.39, 0.29) is 0 Å². The first-order valence-corrected chi connectivity index (χ1v) is 5.05. The van der Waals surface area contributed by atoms with Gasteiger partial charge >= 0.3 is 5.97 Å². The lowest BCUT2D eigenvalue weighted by molar-refractivity contribution is 0.0601. The summed E-state index contributed by atoms with van der Waals surface area (Å²) in [7, 11) is 6.58. The molecule has 0 bridgehead atoms. The van der Waals surface area contributed by atoms with Crippen molar-refractivity contribution in [3.63, 3.8) is 0 Å². The number of aliphatic imine (C=N–C) groups is 1. The van der Waals surface area contributed by atoms with E-state index in [9.17, 15) is 4.79 Å². The summed E-state index contributed by atoms with van der Waals surface area (Å²) >= 11 is 0. The highest BCUT2D eigenvalue weighted by atomic mass is 16.5. The number of ether oxygens (including phenoxy) is 2. The molecule has 5 nitrogen and oxygen atoms in total. The molecule has 0 N–H and O–H groups in total. The molecular formula is C12H16N2O3. The molecule has 0 aliphatic rings. The van der Waals surface area contributed by atoms with Crippen LogP contribution in [0.4, 0.5) is 5.69 Å². The van der Waals surface area contributed by atoms with Gasteiger partial charge in [0.15, 0.2) is 0 Å². The third-order valence-electron chi connectivity index (χ3n) is 2.04. The van der Waals surface area contributed by atoms with Crippen molar-refractivity contribution in [2.24, 2.45) is 4.99 Å². The van der Waals surface area contributed by atoms with Gasteiger partial charge in [0, 0.05) is 14.1 Å². The molecular weight excluding hydrogens is 220 g/mol. The summed E-state index contributed by atoms with van der Waals surface area (Å²) in [6.07, 6.45) is 1.62. The van der Waals surface area contributed by atoms with Crippen LogP contribution in [0.2, 0.25) is 0 Å². The lowest BCUT2D eigenvalue weighted by Crippen LogP contribution is -2.08. The van der Waals surface area contributed by atoms with E-state index in [4.69, 9.17) is 9.47 Å². The zero-order valence-electron chi connectivity index (χ0n) is 10.4. The second kappa shape index (κ2) is 5.89. The van der Waals surface area contributed by atoms with Crippen LogP contribution in [0, 0.1) is 0 Å². The van der Waals surface area contributed by atoms with Gasteiger partial charge in [-0.3, -0.25) is 0 Å². The average Bonchev–Trinajstić information content (AvgIpc) is 2.35. The van der Waals surface area contributed by atoms with E-state index in [0.29, 0.717) is 17.0 Å². The molecule has 0 aliphatic carbocycles. The van der Waals surface area contributed by atoms with Crippen molar-refractivity contribution in [3.8, 4) is 5.75 Å². The van der Waals surface area contributed by atoms with Gasteiger partial charge in [0.25, 0.3) is 0 Å². The summed E-state index contributed by atoms with van der Waals surface area (Å²) in [5, 5.41) is 0. The predicted molar refractivity (Wildman–Crippen MR) is 66.2 cm³/mol. The van der Waals surface area contributed by atoms with Crippen molar-refractivity contribution in [3.05, 3.63) is 23.8 Å². The second-order valence-corrected chi connectivity index (χ2v) is 3.58. The first kappa shape index (κ1) is 13.0. The number of carbonyl (C=O) groups excluding carboxylic acids is 1. The van der Waals surface area contributed by atoms with Gasteiger partial charge in [-0.15, -0.1) is 0 Å². The Kier molecular flexibility index (Phi) is 4.51. The van der Waals surface area contributed by atoms with Crippen LogP contribution in [0.5, 0.6) is 5.75 Å². The lowest BCUT2D eigenvalue weighted by Gasteiger charge is -2.07. The van der Waals surface area contributed by atoms with E-state index in [1.165, 1.54) is 7.11 Å². The molecule has 0 radical (unpaired) electrons. The minimum atomic E-state index is -0.435. The van der Waals surface area contributed by atoms with Crippen LogP contribution in [-0.4, -0.2) is 45.5 Å². The van der Waals surface area contributed by atoms with Crippen LogP contribution in [0.15, 0.2) is 23.2 Å². The maximum atomic E-state index is 11.6. The van der Waals surface area contributed by atoms with Gasteiger partial charge < -0.3 is 14.4 Å². The molecule has 0 saturated heterocycles. The van der Waals surface area contributed by atoms with Gasteiger partial charge in [0.1, 0.15) is 5.75 Å². The standard InChI is InChI=1S/C12H16N2O3/c1-14(2)8-13-11-6-5-9(16-3)7-10(11)12(15)17-4/h5-8H,1-4H3/b13-8+. The number of hydrogen-bond donors (Lipinski definition) is 0. The monoisotopic (exact) mass is 236 g/mol. The largest absolute Gasteiger partial charge is 0.497 e. The van der Waals surface area contributed by atoms with Gasteiger partial charge in [-0.1, -0.05) is 0 Å². The molecule has 0 aromatic heterocycles. The van der Waals surface area contributed by atoms with E-state index in [1.807, 2.05) is 14.1 Å². The number of carbonyl (C=O) groups is 1. The third kappa shape index (κ3) is 3.48. The fourth-order valence-electron chi connectivity index (χ4n) is 1.21. The fraction of sp³-hybridized carbons (Fsp3) is 0.333. The average molecular weight is 236 g/mol. The molecule has 1 aromatic rings. The number of nitrogens with zero attached hydrogens (tertiary/aromatic N) is 2. The molecule has 0 unspecified atom stereocenters. The van der Waals surface area contributed by atoms with Crippen LogP contribution in [0.25, 0.3) is 0 Å². The van der Waals surface area contributed by atoms with Gasteiger partial charge in [-0.05, 0) is 18.2 Å². The number of methoxy groups -OCH3 is 2. The summed E-state index contributed by atoms with van der Waals surface area (Å²) in [4.78, 5) is 17.6. The van der Waals surface area contributed by atoms with Gasteiger partial charge in [-0.2, -0.15) is 0 Å². The third-order valence-corrected chi connectivity index (χ3v) is 2.04. The Bertz CT molecular complexity index is 428. The Labute approximate surface area is 101 Å². The number of hydrogen-bond acceptors (Lipinski definition) is 4. The molecule has 92 valence electrons. The Morgan fingerprint density at radius 3 is 2.59 bits per heavy atom. The van der Waals surface area contributed by atoms with E-state index < -0.39 is 5.97 Å². The highest BCUT2D eigenvalue weighted by Gasteiger charge is 2.12. The second-order valence-electron chi connectivity index (χ2n) is 3.58. The van der Waals surface area contributed by atoms with Crippen molar-refractivity contribution < 1.29 is 14.3 Å². The van der Waals surface area contributed by atoms with E-state index in [0.717, 1.165) is 0 Å². The van der Waals surface area contributed by atoms with Crippen molar-refractivity contribution >= 4 is 18.0 Å². The summed E-state index contributed by atoms with van der Waals surface area (Å²) in [6, 6.07) is 5.06. The van der Waals surface area contributed by atoms with Crippen LogP contribution in [0.1, 0.15) is 10.4 Å². The highest BCUT2D eigenvalue weighted by molar-refractivity contribution is 5.95. The van der Waals surface area contributed by atoms with Crippen LogP contribution < -0.4 is 4.74 Å². The highest BCUT2D eigenvalue weighted by Crippen LogP contribution is 2.24. The molecule has 17 heavy (non-hydrogen) atoms. The fourth-order valence-corrected chi connectivity index (χ4v) is 1.21.